The standard InChI is InChI=1S/C40H56FN5O6S/c1-29(37(47)30-23-25-31(41)26-24-30)53(48,49)45(28-16-14-12-10-8-9-11-13-15-27-40(2,3)4)39-44-43-38(32-19-17-22-35(42-32)52-7)46(39)36-33(50-5)20-18-21-34(36)51-6/h17-26,29,37,47H,8-16,27-28H2,1-7H3/t29-,37-/m1/s1. The van der Waals surface area contributed by atoms with Crippen molar-refractivity contribution in [2.45, 2.75) is 103 Å². The van der Waals surface area contributed by atoms with Crippen molar-refractivity contribution in [3.8, 4) is 34.6 Å². The van der Waals surface area contributed by atoms with Crippen LogP contribution in [-0.4, -0.2) is 66.4 Å². The van der Waals surface area contributed by atoms with Crippen LogP contribution in [0.15, 0.2) is 60.7 Å². The van der Waals surface area contributed by atoms with Gasteiger partial charge in [0.15, 0.2) is 5.82 Å². The molecule has 0 aliphatic heterocycles. The highest BCUT2D eigenvalue weighted by Gasteiger charge is 2.38. The van der Waals surface area contributed by atoms with Crippen LogP contribution in [0.25, 0.3) is 17.2 Å². The fourth-order valence-electron chi connectivity index (χ4n) is 6.30. The minimum Gasteiger partial charge on any atom is -0.494 e. The minimum atomic E-state index is -4.34. The summed E-state index contributed by atoms with van der Waals surface area (Å²) in [6.45, 7) is 8.35. The number of hydrogen-bond donors (Lipinski definition) is 1. The topological polar surface area (TPSA) is 129 Å². The molecule has 53 heavy (non-hydrogen) atoms. The average molecular weight is 754 g/mol. The number of benzene rings is 2. The molecular formula is C40H56FN5O6S. The molecule has 0 amide bonds. The molecule has 0 bridgehead atoms. The number of sulfonamides is 1. The number of ether oxygens (including phenoxy) is 3. The monoisotopic (exact) mass is 753 g/mol. The maximum absolute atomic E-state index is 14.7. The number of aliphatic hydroxyl groups excluding tert-OH is 1. The lowest BCUT2D eigenvalue weighted by Gasteiger charge is -2.30. The Morgan fingerprint density at radius 2 is 1.36 bits per heavy atom. The number of para-hydroxylation sites is 1. The van der Waals surface area contributed by atoms with Gasteiger partial charge in [0.2, 0.25) is 21.9 Å². The number of unbranched alkanes of at least 4 members (excludes halogenated alkanes) is 8. The van der Waals surface area contributed by atoms with Crippen molar-refractivity contribution in [2.24, 2.45) is 5.41 Å². The molecule has 0 saturated carbocycles. The fraction of sp³-hybridized carbons (Fsp3) is 0.525. The van der Waals surface area contributed by atoms with E-state index in [2.05, 4.69) is 36.0 Å². The van der Waals surface area contributed by atoms with Gasteiger partial charge >= 0.3 is 0 Å². The molecule has 2 aromatic heterocycles. The first-order chi connectivity index (χ1) is 25.3. The molecule has 0 saturated heterocycles. The lowest BCUT2D eigenvalue weighted by Crippen LogP contribution is -2.42. The first-order valence-corrected chi connectivity index (χ1v) is 20.0. The van der Waals surface area contributed by atoms with Gasteiger partial charge < -0.3 is 19.3 Å². The van der Waals surface area contributed by atoms with E-state index in [0.717, 1.165) is 25.7 Å². The van der Waals surface area contributed by atoms with Crippen molar-refractivity contribution in [1.82, 2.24) is 19.7 Å². The first kappa shape index (κ1) is 41.5. The highest BCUT2D eigenvalue weighted by molar-refractivity contribution is 7.93. The van der Waals surface area contributed by atoms with Crippen LogP contribution in [0.5, 0.6) is 17.4 Å². The molecule has 0 radical (unpaired) electrons. The molecule has 0 spiro atoms. The van der Waals surface area contributed by atoms with Crippen LogP contribution in [0, 0.1) is 11.2 Å². The predicted molar refractivity (Wildman–Crippen MR) is 207 cm³/mol. The molecule has 0 aliphatic rings. The second-order valence-corrected chi connectivity index (χ2v) is 16.8. The molecular weight excluding hydrogens is 698 g/mol. The maximum atomic E-state index is 14.7. The second-order valence-electron chi connectivity index (χ2n) is 14.5. The van der Waals surface area contributed by atoms with Crippen molar-refractivity contribution in [3.63, 3.8) is 0 Å². The van der Waals surface area contributed by atoms with Crippen molar-refractivity contribution in [1.29, 1.82) is 0 Å². The van der Waals surface area contributed by atoms with Gasteiger partial charge in [0.05, 0.1) is 27.4 Å². The van der Waals surface area contributed by atoms with Crippen LogP contribution in [0.1, 0.15) is 104 Å². The van der Waals surface area contributed by atoms with E-state index in [1.807, 2.05) is 0 Å². The molecule has 0 fully saturated rings. The van der Waals surface area contributed by atoms with Gasteiger partial charge in [-0.2, -0.15) is 0 Å². The van der Waals surface area contributed by atoms with Crippen molar-refractivity contribution < 1.29 is 32.1 Å². The maximum Gasteiger partial charge on any atom is 0.246 e. The van der Waals surface area contributed by atoms with Gasteiger partial charge in [-0.15, -0.1) is 10.2 Å². The van der Waals surface area contributed by atoms with Crippen molar-refractivity contribution in [2.75, 3.05) is 32.2 Å². The van der Waals surface area contributed by atoms with Crippen LogP contribution in [0.3, 0.4) is 0 Å². The van der Waals surface area contributed by atoms with Gasteiger partial charge in [0.25, 0.3) is 0 Å². The van der Waals surface area contributed by atoms with Crippen molar-refractivity contribution >= 4 is 16.0 Å². The van der Waals surface area contributed by atoms with E-state index in [4.69, 9.17) is 14.2 Å². The van der Waals surface area contributed by atoms with E-state index < -0.39 is 27.2 Å². The van der Waals surface area contributed by atoms with Gasteiger partial charge in [0.1, 0.15) is 33.9 Å². The zero-order valence-corrected chi connectivity index (χ0v) is 33.0. The third kappa shape index (κ3) is 10.9. The van der Waals surface area contributed by atoms with E-state index in [0.29, 0.717) is 40.6 Å². The number of hydrogen-bond acceptors (Lipinski definition) is 9. The molecule has 0 unspecified atom stereocenters. The molecule has 290 valence electrons. The van der Waals surface area contributed by atoms with E-state index in [1.165, 1.54) is 88.9 Å². The smallest absolute Gasteiger partial charge is 0.246 e. The van der Waals surface area contributed by atoms with E-state index in [9.17, 15) is 17.9 Å². The largest absolute Gasteiger partial charge is 0.494 e. The van der Waals surface area contributed by atoms with Crippen LogP contribution >= 0.6 is 0 Å². The second kappa shape index (κ2) is 19.2. The molecule has 4 aromatic rings. The summed E-state index contributed by atoms with van der Waals surface area (Å²) in [5.74, 6) is 0.790. The van der Waals surface area contributed by atoms with Gasteiger partial charge in [0, 0.05) is 12.6 Å². The summed E-state index contributed by atoms with van der Waals surface area (Å²) in [6, 6.07) is 15.5. The summed E-state index contributed by atoms with van der Waals surface area (Å²) in [5.41, 5.74) is 1.38. The highest BCUT2D eigenvalue weighted by Crippen LogP contribution is 2.40. The predicted octanol–water partition coefficient (Wildman–Crippen LogP) is 8.70. The molecule has 0 aliphatic carbocycles. The summed E-state index contributed by atoms with van der Waals surface area (Å²) in [5, 5.41) is 19.0. The number of halogens is 1. The zero-order valence-electron chi connectivity index (χ0n) is 32.2. The lowest BCUT2D eigenvalue weighted by atomic mass is 9.89. The van der Waals surface area contributed by atoms with Gasteiger partial charge in [-0.1, -0.05) is 96.4 Å². The Morgan fingerprint density at radius 1 is 0.792 bits per heavy atom. The Labute approximate surface area is 314 Å². The molecule has 2 aromatic carbocycles. The average Bonchev–Trinajstić information content (AvgIpc) is 3.58. The molecule has 2 heterocycles. The molecule has 11 nitrogen and oxygen atoms in total. The minimum absolute atomic E-state index is 0.0270. The molecule has 13 heteroatoms. The Morgan fingerprint density at radius 3 is 1.92 bits per heavy atom. The number of aliphatic hydroxyl groups is 1. The summed E-state index contributed by atoms with van der Waals surface area (Å²) in [7, 11) is 0.172. The Kier molecular flexibility index (Phi) is 15.0. The third-order valence-electron chi connectivity index (χ3n) is 9.38. The zero-order chi connectivity index (χ0) is 38.6. The Bertz CT molecular complexity index is 1820. The van der Waals surface area contributed by atoms with E-state index >= 15 is 0 Å². The van der Waals surface area contributed by atoms with E-state index in [-0.39, 0.29) is 23.9 Å². The van der Waals surface area contributed by atoms with Crippen LogP contribution in [0.2, 0.25) is 0 Å². The fourth-order valence-corrected chi connectivity index (χ4v) is 7.91. The third-order valence-corrected chi connectivity index (χ3v) is 11.5. The summed E-state index contributed by atoms with van der Waals surface area (Å²) in [4.78, 5) is 4.58. The molecule has 2 atom stereocenters. The van der Waals surface area contributed by atoms with Gasteiger partial charge in [-0.3, -0.25) is 4.57 Å². The van der Waals surface area contributed by atoms with Crippen LogP contribution in [0.4, 0.5) is 10.3 Å². The number of aromatic nitrogens is 4. The van der Waals surface area contributed by atoms with Crippen LogP contribution in [-0.2, 0) is 10.0 Å². The Hall–Kier alpha value is -4.23. The van der Waals surface area contributed by atoms with Crippen LogP contribution < -0.4 is 18.5 Å². The number of anilines is 1. The molecule has 4 rings (SSSR count). The summed E-state index contributed by atoms with van der Waals surface area (Å²) >= 11 is 0. The quantitative estimate of drug-likeness (QED) is 0.0831. The van der Waals surface area contributed by atoms with E-state index in [1.54, 1.807) is 41.0 Å². The lowest BCUT2D eigenvalue weighted by molar-refractivity contribution is 0.175. The summed E-state index contributed by atoms with van der Waals surface area (Å²) < 4.78 is 62.9. The first-order valence-electron chi connectivity index (χ1n) is 18.5. The van der Waals surface area contributed by atoms with Crippen molar-refractivity contribution in [3.05, 3.63) is 72.0 Å². The number of methoxy groups -OCH3 is 3. The Balaban J connectivity index is 1.69. The highest BCUT2D eigenvalue weighted by atomic mass is 32.2. The number of rotatable bonds is 21. The SMILES string of the molecule is COc1cccc(-c2nnc(N(CCCCCCCCCCCC(C)(C)C)S(=O)(=O)[C@H](C)[C@@H](O)c3ccc(F)cc3)n2-c2c(OC)cccc2OC)n1. The summed E-state index contributed by atoms with van der Waals surface area (Å²) in [6.07, 6.45) is 9.18. The number of pyridine rings is 1. The van der Waals surface area contributed by atoms with Gasteiger partial charge in [-0.05, 0) is 61.1 Å². The normalized spacial score (nSPS) is 13.1. The number of nitrogens with zero attached hydrogens (tertiary/aromatic N) is 5. The molecule has 1 N–H and O–H groups in total. The van der Waals surface area contributed by atoms with Gasteiger partial charge in [-0.25, -0.2) is 22.1 Å².